The van der Waals surface area contributed by atoms with Crippen molar-refractivity contribution in [1.82, 2.24) is 5.43 Å². The number of hydrogen-bond acceptors (Lipinski definition) is 6. The van der Waals surface area contributed by atoms with Gasteiger partial charge in [-0.05, 0) is 47.8 Å². The number of para-hydroxylation sites is 1. The largest absolute Gasteiger partial charge is 0.496 e. The number of sulfonamides is 1. The topological polar surface area (TPSA) is 96.9 Å². The van der Waals surface area contributed by atoms with Crippen LogP contribution in [0.2, 0.25) is 0 Å². The van der Waals surface area contributed by atoms with Gasteiger partial charge in [0.15, 0.2) is 0 Å². The smallest absolute Gasteiger partial charge is 0.271 e. The van der Waals surface area contributed by atoms with Crippen molar-refractivity contribution < 1.29 is 17.9 Å². The third-order valence-electron chi connectivity index (χ3n) is 3.67. The standard InChI is InChI=1S/C19H17N3O4S2/c1-26-17-6-3-2-5-15(17)13-20-21-19(23)14-8-10-16(11-9-14)22-28(24,25)18-7-4-12-27-18/h2-13,22H,1H3,(H,21,23)/b20-13+. The maximum absolute atomic E-state index is 12.2. The second-order valence-corrected chi connectivity index (χ2v) is 8.41. The molecule has 3 aromatic rings. The van der Waals surface area contributed by atoms with Gasteiger partial charge in [-0.25, -0.2) is 13.8 Å². The van der Waals surface area contributed by atoms with Gasteiger partial charge in [-0.1, -0.05) is 18.2 Å². The van der Waals surface area contributed by atoms with E-state index in [1.165, 1.54) is 36.5 Å². The molecule has 7 nitrogen and oxygen atoms in total. The second kappa shape index (κ2) is 8.68. The van der Waals surface area contributed by atoms with Gasteiger partial charge in [0.25, 0.3) is 15.9 Å². The summed E-state index contributed by atoms with van der Waals surface area (Å²) in [7, 11) is -2.07. The van der Waals surface area contributed by atoms with E-state index in [1.807, 2.05) is 18.2 Å². The first-order valence-corrected chi connectivity index (χ1v) is 10.5. The maximum atomic E-state index is 12.2. The number of thiophene rings is 1. The molecule has 0 aliphatic rings. The fourth-order valence-electron chi connectivity index (χ4n) is 2.31. The van der Waals surface area contributed by atoms with Gasteiger partial charge in [-0.2, -0.15) is 5.10 Å². The fraction of sp³-hybridized carbons (Fsp3) is 0.0526. The molecule has 28 heavy (non-hydrogen) atoms. The fourth-order valence-corrected chi connectivity index (χ4v) is 4.36. The molecule has 0 aliphatic carbocycles. The minimum absolute atomic E-state index is 0.222. The van der Waals surface area contributed by atoms with E-state index in [0.29, 0.717) is 17.0 Å². The van der Waals surface area contributed by atoms with Crippen LogP contribution in [0.15, 0.2) is 75.4 Å². The summed E-state index contributed by atoms with van der Waals surface area (Å²) < 4.78 is 32.3. The number of anilines is 1. The molecule has 1 heterocycles. The van der Waals surface area contributed by atoms with Crippen molar-refractivity contribution in [3.05, 3.63) is 77.2 Å². The highest BCUT2D eigenvalue weighted by molar-refractivity contribution is 7.94. The quantitative estimate of drug-likeness (QED) is 0.457. The van der Waals surface area contributed by atoms with Gasteiger partial charge < -0.3 is 4.74 Å². The van der Waals surface area contributed by atoms with E-state index in [2.05, 4.69) is 15.2 Å². The summed E-state index contributed by atoms with van der Waals surface area (Å²) in [5, 5.41) is 5.62. The SMILES string of the molecule is COc1ccccc1/C=N/NC(=O)c1ccc(NS(=O)(=O)c2cccs2)cc1. The van der Waals surface area contributed by atoms with Crippen molar-refractivity contribution in [2.75, 3.05) is 11.8 Å². The molecule has 0 spiro atoms. The van der Waals surface area contributed by atoms with Crippen LogP contribution in [-0.4, -0.2) is 27.6 Å². The molecular formula is C19H17N3O4S2. The van der Waals surface area contributed by atoms with Crippen molar-refractivity contribution in [1.29, 1.82) is 0 Å². The average molecular weight is 415 g/mol. The van der Waals surface area contributed by atoms with Crippen molar-refractivity contribution in [3.8, 4) is 5.75 Å². The first-order chi connectivity index (χ1) is 13.5. The summed E-state index contributed by atoms with van der Waals surface area (Å²) in [6, 6.07) is 16.5. The molecule has 0 aliphatic heterocycles. The van der Waals surface area contributed by atoms with Crippen LogP contribution < -0.4 is 14.9 Å². The minimum atomic E-state index is -3.62. The van der Waals surface area contributed by atoms with Crippen molar-refractivity contribution in [2.45, 2.75) is 4.21 Å². The third-order valence-corrected chi connectivity index (χ3v) is 6.45. The first-order valence-electron chi connectivity index (χ1n) is 8.12. The van der Waals surface area contributed by atoms with E-state index in [9.17, 15) is 13.2 Å². The number of amides is 1. The van der Waals surface area contributed by atoms with E-state index in [1.54, 1.807) is 24.6 Å². The first kappa shape index (κ1) is 19.6. The van der Waals surface area contributed by atoms with Gasteiger partial charge in [-0.3, -0.25) is 9.52 Å². The van der Waals surface area contributed by atoms with E-state index in [-0.39, 0.29) is 4.21 Å². The Bertz CT molecular complexity index is 1080. The normalized spacial score (nSPS) is 11.3. The van der Waals surface area contributed by atoms with Crippen LogP contribution in [0.4, 0.5) is 5.69 Å². The lowest BCUT2D eigenvalue weighted by Crippen LogP contribution is -2.18. The van der Waals surface area contributed by atoms with Crippen LogP contribution in [0.25, 0.3) is 0 Å². The van der Waals surface area contributed by atoms with E-state index in [4.69, 9.17) is 4.74 Å². The number of hydrazone groups is 1. The van der Waals surface area contributed by atoms with E-state index >= 15 is 0 Å². The molecule has 0 saturated carbocycles. The molecule has 9 heteroatoms. The number of hydrogen-bond donors (Lipinski definition) is 2. The Morgan fingerprint density at radius 2 is 1.82 bits per heavy atom. The van der Waals surface area contributed by atoms with Crippen LogP contribution in [0.5, 0.6) is 5.75 Å². The molecule has 0 bridgehead atoms. The number of methoxy groups -OCH3 is 1. The third kappa shape index (κ3) is 4.76. The molecule has 2 aromatic carbocycles. The zero-order valence-corrected chi connectivity index (χ0v) is 16.5. The Kier molecular flexibility index (Phi) is 6.07. The number of rotatable bonds is 7. The van der Waals surface area contributed by atoms with E-state index in [0.717, 1.165) is 16.9 Å². The average Bonchev–Trinajstić information content (AvgIpc) is 3.24. The number of nitrogens with one attached hydrogen (secondary N) is 2. The Morgan fingerprint density at radius 3 is 2.50 bits per heavy atom. The molecule has 0 radical (unpaired) electrons. The maximum Gasteiger partial charge on any atom is 0.271 e. The Morgan fingerprint density at radius 1 is 1.07 bits per heavy atom. The van der Waals surface area contributed by atoms with Crippen LogP contribution >= 0.6 is 11.3 Å². The van der Waals surface area contributed by atoms with Gasteiger partial charge in [0.2, 0.25) is 0 Å². The van der Waals surface area contributed by atoms with Gasteiger partial charge in [-0.15, -0.1) is 11.3 Å². The van der Waals surface area contributed by atoms with Crippen LogP contribution in [0.1, 0.15) is 15.9 Å². The van der Waals surface area contributed by atoms with Crippen LogP contribution in [-0.2, 0) is 10.0 Å². The number of ether oxygens (including phenoxy) is 1. The number of benzene rings is 2. The molecule has 3 rings (SSSR count). The minimum Gasteiger partial charge on any atom is -0.496 e. The van der Waals surface area contributed by atoms with Crippen molar-refractivity contribution in [2.24, 2.45) is 5.10 Å². The summed E-state index contributed by atoms with van der Waals surface area (Å²) in [6.45, 7) is 0. The predicted molar refractivity (Wildman–Crippen MR) is 110 cm³/mol. The molecule has 1 aromatic heterocycles. The van der Waals surface area contributed by atoms with Gasteiger partial charge in [0, 0.05) is 16.8 Å². The molecule has 0 atom stereocenters. The summed E-state index contributed by atoms with van der Waals surface area (Å²) in [5.41, 5.74) is 3.86. The molecule has 144 valence electrons. The van der Waals surface area contributed by atoms with Crippen LogP contribution in [0, 0.1) is 0 Å². The highest BCUT2D eigenvalue weighted by Crippen LogP contribution is 2.20. The van der Waals surface area contributed by atoms with E-state index < -0.39 is 15.9 Å². The highest BCUT2D eigenvalue weighted by Gasteiger charge is 2.15. The molecular weight excluding hydrogens is 398 g/mol. The monoisotopic (exact) mass is 415 g/mol. The molecule has 0 unspecified atom stereocenters. The summed E-state index contributed by atoms with van der Waals surface area (Å²) in [5.74, 6) is 0.224. The van der Waals surface area contributed by atoms with Gasteiger partial charge in [0.05, 0.1) is 13.3 Å². The predicted octanol–water partition coefficient (Wildman–Crippen LogP) is 3.32. The molecule has 1 amide bonds. The lowest BCUT2D eigenvalue weighted by atomic mass is 10.2. The summed E-state index contributed by atoms with van der Waals surface area (Å²) in [6.07, 6.45) is 1.49. The number of nitrogens with zero attached hydrogens (tertiary/aromatic N) is 1. The Hall–Kier alpha value is -3.17. The lowest BCUT2D eigenvalue weighted by molar-refractivity contribution is 0.0955. The lowest BCUT2D eigenvalue weighted by Gasteiger charge is -2.07. The summed E-state index contributed by atoms with van der Waals surface area (Å²) >= 11 is 1.13. The van der Waals surface area contributed by atoms with Crippen LogP contribution in [0.3, 0.4) is 0 Å². The second-order valence-electron chi connectivity index (χ2n) is 5.56. The zero-order chi connectivity index (χ0) is 20.0. The van der Waals surface area contributed by atoms with Gasteiger partial charge >= 0.3 is 0 Å². The highest BCUT2D eigenvalue weighted by atomic mass is 32.2. The summed E-state index contributed by atoms with van der Waals surface area (Å²) in [4.78, 5) is 12.2. The molecule has 0 saturated heterocycles. The Balaban J connectivity index is 1.63. The zero-order valence-electron chi connectivity index (χ0n) is 14.8. The molecule has 2 N–H and O–H groups in total. The number of carbonyl (C=O) groups is 1. The number of carbonyl (C=O) groups excluding carboxylic acids is 1. The van der Waals surface area contributed by atoms with Crippen molar-refractivity contribution in [3.63, 3.8) is 0 Å². The van der Waals surface area contributed by atoms with Gasteiger partial charge in [0.1, 0.15) is 9.96 Å². The molecule has 0 fully saturated rings. The Labute approximate surface area is 166 Å². The van der Waals surface area contributed by atoms with Crippen molar-refractivity contribution >= 4 is 39.2 Å².